The predicted octanol–water partition coefficient (Wildman–Crippen LogP) is 1.01. The number of hydrogen-bond acceptors (Lipinski definition) is 2. The Morgan fingerprint density at radius 1 is 1.17 bits per heavy atom. The van der Waals surface area contributed by atoms with E-state index in [1.165, 1.54) is 0 Å². The molecular formula is C7H14Cl2FNO. The SMILES string of the molecule is Cl.Cl.OC1CC2CC(F)CN2C1. The molecule has 2 rings (SSSR count). The van der Waals surface area contributed by atoms with E-state index in [1.807, 2.05) is 0 Å². The van der Waals surface area contributed by atoms with Crippen LogP contribution in [0.2, 0.25) is 0 Å². The first kappa shape index (κ1) is 12.4. The number of nitrogens with zero attached hydrogens (tertiary/aromatic N) is 1. The maximum Gasteiger partial charge on any atom is 0.114 e. The van der Waals surface area contributed by atoms with Gasteiger partial charge < -0.3 is 5.11 Å². The zero-order valence-electron chi connectivity index (χ0n) is 6.65. The Kier molecular flexibility index (Phi) is 4.77. The van der Waals surface area contributed by atoms with Gasteiger partial charge in [0, 0.05) is 19.1 Å². The van der Waals surface area contributed by atoms with E-state index in [9.17, 15) is 4.39 Å². The molecule has 0 radical (unpaired) electrons. The summed E-state index contributed by atoms with van der Waals surface area (Å²) in [6.07, 6.45) is 0.576. The van der Waals surface area contributed by atoms with Gasteiger partial charge in [-0.3, -0.25) is 4.90 Å². The molecule has 2 aliphatic heterocycles. The highest BCUT2D eigenvalue weighted by Gasteiger charge is 2.38. The fourth-order valence-electron chi connectivity index (χ4n) is 2.05. The minimum Gasteiger partial charge on any atom is -0.392 e. The molecule has 3 unspecified atom stereocenters. The third kappa shape index (κ3) is 2.22. The summed E-state index contributed by atoms with van der Waals surface area (Å²) in [5.41, 5.74) is 0. The highest BCUT2D eigenvalue weighted by molar-refractivity contribution is 5.85. The highest BCUT2D eigenvalue weighted by atomic mass is 35.5. The van der Waals surface area contributed by atoms with Crippen molar-refractivity contribution in [3.05, 3.63) is 0 Å². The van der Waals surface area contributed by atoms with E-state index in [2.05, 4.69) is 4.90 Å². The van der Waals surface area contributed by atoms with E-state index in [0.29, 0.717) is 25.6 Å². The Balaban J connectivity index is 0.000000605. The van der Waals surface area contributed by atoms with E-state index < -0.39 is 6.17 Å². The van der Waals surface area contributed by atoms with E-state index >= 15 is 0 Å². The second kappa shape index (κ2) is 4.61. The van der Waals surface area contributed by atoms with Crippen LogP contribution in [-0.4, -0.2) is 41.4 Å². The standard InChI is InChI=1S/C7H12FNO.2ClH/c8-5-1-6-2-7(10)4-9(6)3-5;;/h5-7,10H,1-4H2;2*1H. The maximum absolute atomic E-state index is 12.6. The maximum atomic E-state index is 12.6. The van der Waals surface area contributed by atoms with Crippen LogP contribution in [0.5, 0.6) is 0 Å². The van der Waals surface area contributed by atoms with Gasteiger partial charge in [0.15, 0.2) is 0 Å². The second-order valence-electron chi connectivity index (χ2n) is 3.33. The van der Waals surface area contributed by atoms with Gasteiger partial charge in [-0.05, 0) is 12.8 Å². The molecule has 2 heterocycles. The largest absolute Gasteiger partial charge is 0.392 e. The molecule has 5 heteroatoms. The summed E-state index contributed by atoms with van der Waals surface area (Å²) in [5.74, 6) is 0. The lowest BCUT2D eigenvalue weighted by Crippen LogP contribution is -2.24. The molecule has 3 atom stereocenters. The number of alkyl halides is 1. The van der Waals surface area contributed by atoms with Crippen molar-refractivity contribution in [3.63, 3.8) is 0 Å². The summed E-state index contributed by atoms with van der Waals surface area (Å²) in [7, 11) is 0. The first-order chi connectivity index (χ1) is 4.75. The molecule has 0 bridgehead atoms. The number of aliphatic hydroxyl groups is 1. The van der Waals surface area contributed by atoms with E-state index in [0.717, 1.165) is 6.42 Å². The number of hydrogen-bond donors (Lipinski definition) is 1. The summed E-state index contributed by atoms with van der Waals surface area (Å²) in [5, 5.41) is 9.16. The van der Waals surface area contributed by atoms with Crippen LogP contribution in [0.15, 0.2) is 0 Å². The lowest BCUT2D eigenvalue weighted by Gasteiger charge is -2.11. The molecule has 0 aromatic heterocycles. The van der Waals surface area contributed by atoms with Gasteiger partial charge in [-0.1, -0.05) is 0 Å². The van der Waals surface area contributed by atoms with Crippen molar-refractivity contribution in [1.82, 2.24) is 4.90 Å². The molecule has 2 nitrogen and oxygen atoms in total. The van der Waals surface area contributed by atoms with Gasteiger partial charge in [0.25, 0.3) is 0 Å². The number of rotatable bonds is 0. The first-order valence-corrected chi connectivity index (χ1v) is 3.82. The molecule has 12 heavy (non-hydrogen) atoms. The third-order valence-electron chi connectivity index (χ3n) is 2.47. The van der Waals surface area contributed by atoms with Crippen molar-refractivity contribution in [2.45, 2.75) is 31.2 Å². The minimum atomic E-state index is -0.641. The zero-order valence-corrected chi connectivity index (χ0v) is 8.28. The van der Waals surface area contributed by atoms with Crippen LogP contribution in [0.25, 0.3) is 0 Å². The zero-order chi connectivity index (χ0) is 7.14. The van der Waals surface area contributed by atoms with Crippen molar-refractivity contribution in [2.24, 2.45) is 0 Å². The van der Waals surface area contributed by atoms with Gasteiger partial charge in [-0.2, -0.15) is 0 Å². The van der Waals surface area contributed by atoms with Crippen LogP contribution in [0, 0.1) is 0 Å². The van der Waals surface area contributed by atoms with Crippen LogP contribution >= 0.6 is 24.8 Å². The van der Waals surface area contributed by atoms with Gasteiger partial charge in [0.2, 0.25) is 0 Å². The monoisotopic (exact) mass is 217 g/mol. The molecule has 0 saturated carbocycles. The lowest BCUT2D eigenvalue weighted by molar-refractivity contribution is 0.170. The smallest absolute Gasteiger partial charge is 0.114 e. The number of fused-ring (bicyclic) bond motifs is 1. The van der Waals surface area contributed by atoms with Crippen LogP contribution in [0.3, 0.4) is 0 Å². The van der Waals surface area contributed by atoms with Gasteiger partial charge >= 0.3 is 0 Å². The summed E-state index contributed by atoms with van der Waals surface area (Å²) in [4.78, 5) is 2.05. The predicted molar refractivity (Wildman–Crippen MR) is 50.0 cm³/mol. The third-order valence-corrected chi connectivity index (χ3v) is 2.47. The summed E-state index contributed by atoms with van der Waals surface area (Å²) >= 11 is 0. The molecule has 0 aromatic carbocycles. The Bertz CT molecular complexity index is 121. The van der Waals surface area contributed by atoms with Crippen LogP contribution in [0.1, 0.15) is 12.8 Å². The molecule has 0 aromatic rings. The first-order valence-electron chi connectivity index (χ1n) is 3.82. The van der Waals surface area contributed by atoms with E-state index in [4.69, 9.17) is 5.11 Å². The lowest BCUT2D eigenvalue weighted by atomic mass is 10.1. The molecule has 1 N–H and O–H groups in total. The van der Waals surface area contributed by atoms with E-state index in [-0.39, 0.29) is 30.9 Å². The van der Waals surface area contributed by atoms with Crippen molar-refractivity contribution >= 4 is 24.8 Å². The number of aliphatic hydroxyl groups excluding tert-OH is 1. The van der Waals surface area contributed by atoms with Crippen LogP contribution < -0.4 is 0 Å². The molecule has 0 aliphatic carbocycles. The van der Waals surface area contributed by atoms with Crippen molar-refractivity contribution < 1.29 is 9.50 Å². The summed E-state index contributed by atoms with van der Waals surface area (Å²) < 4.78 is 12.6. The molecule has 74 valence electrons. The fourth-order valence-corrected chi connectivity index (χ4v) is 2.05. The Morgan fingerprint density at radius 3 is 2.42 bits per heavy atom. The number of halogens is 3. The molecular weight excluding hydrogens is 204 g/mol. The quantitative estimate of drug-likeness (QED) is 0.655. The molecule has 0 spiro atoms. The van der Waals surface area contributed by atoms with Crippen molar-refractivity contribution in [1.29, 1.82) is 0 Å². The topological polar surface area (TPSA) is 23.5 Å². The van der Waals surface area contributed by atoms with Gasteiger partial charge in [0.05, 0.1) is 6.10 Å². The van der Waals surface area contributed by atoms with Gasteiger partial charge in [-0.25, -0.2) is 4.39 Å². The fraction of sp³-hybridized carbons (Fsp3) is 1.00. The Morgan fingerprint density at radius 2 is 1.83 bits per heavy atom. The molecule has 2 fully saturated rings. The summed E-state index contributed by atoms with van der Waals surface area (Å²) in [6, 6.07) is 0.338. The van der Waals surface area contributed by atoms with Crippen LogP contribution in [0.4, 0.5) is 4.39 Å². The average molecular weight is 218 g/mol. The summed E-state index contributed by atoms with van der Waals surface area (Å²) in [6.45, 7) is 1.23. The van der Waals surface area contributed by atoms with Crippen molar-refractivity contribution in [3.8, 4) is 0 Å². The Labute approximate surface area is 83.9 Å². The van der Waals surface area contributed by atoms with Crippen LogP contribution in [-0.2, 0) is 0 Å². The molecule has 2 saturated heterocycles. The van der Waals surface area contributed by atoms with E-state index in [1.54, 1.807) is 0 Å². The highest BCUT2D eigenvalue weighted by Crippen LogP contribution is 2.29. The minimum absolute atomic E-state index is 0. The van der Waals surface area contributed by atoms with Gasteiger partial charge in [-0.15, -0.1) is 24.8 Å². The van der Waals surface area contributed by atoms with Crippen molar-refractivity contribution in [2.75, 3.05) is 13.1 Å². The molecule has 2 aliphatic rings. The van der Waals surface area contributed by atoms with Gasteiger partial charge in [0.1, 0.15) is 6.17 Å². The normalized spacial score (nSPS) is 40.0. The molecule has 0 amide bonds. The second-order valence-corrected chi connectivity index (χ2v) is 3.33. The Hall–Kier alpha value is 0.430. The average Bonchev–Trinajstić information content (AvgIpc) is 2.21.